The monoisotopic (exact) mass is 458 g/mol. The topological polar surface area (TPSA) is 69.3 Å². The van der Waals surface area contributed by atoms with E-state index in [1.807, 2.05) is 13.0 Å². The molecule has 166 valence electrons. The molecule has 0 aliphatic carbocycles. The van der Waals surface area contributed by atoms with Crippen molar-refractivity contribution in [3.8, 4) is 6.07 Å². The zero-order chi connectivity index (χ0) is 22.9. The number of thiocarbonyl (C=S) groups is 1. The van der Waals surface area contributed by atoms with Crippen LogP contribution in [0.5, 0.6) is 0 Å². The molecule has 2 saturated heterocycles. The first-order valence-electron chi connectivity index (χ1n) is 10.9. The summed E-state index contributed by atoms with van der Waals surface area (Å²) in [4.78, 5) is 30.6. The highest BCUT2D eigenvalue weighted by Gasteiger charge is 2.33. The molecule has 0 aromatic carbocycles. The van der Waals surface area contributed by atoms with Gasteiger partial charge in [0, 0.05) is 31.7 Å². The van der Waals surface area contributed by atoms with E-state index in [1.54, 1.807) is 16.4 Å². The van der Waals surface area contributed by atoms with Crippen LogP contribution in [0.15, 0.2) is 9.70 Å². The summed E-state index contributed by atoms with van der Waals surface area (Å²) >= 11 is 6.75. The van der Waals surface area contributed by atoms with Gasteiger partial charge in [0.1, 0.15) is 21.8 Å². The molecule has 2 fully saturated rings. The van der Waals surface area contributed by atoms with Gasteiger partial charge in [-0.25, -0.2) is 0 Å². The largest absolute Gasteiger partial charge is 0.357 e. The summed E-state index contributed by atoms with van der Waals surface area (Å²) in [6, 6.07) is 2.09. The number of nitrogens with zero attached hydrogens (tertiary/aromatic N) is 4. The molecule has 0 saturated carbocycles. The number of carbonyl (C=O) groups is 1. The van der Waals surface area contributed by atoms with Crippen LogP contribution in [0.2, 0.25) is 0 Å². The Morgan fingerprint density at radius 2 is 1.94 bits per heavy atom. The van der Waals surface area contributed by atoms with E-state index in [1.165, 1.54) is 11.8 Å². The lowest BCUT2D eigenvalue weighted by atomic mass is 9.97. The SMILES string of the molecule is CCn1c(N2CCC(C)CC2)c(/C=C2\SC(=S)N(CC(C)C)C2=O)c(C)c(C#N)c1=O. The molecule has 2 aliphatic heterocycles. The Kier molecular flexibility index (Phi) is 7.28. The zero-order valence-corrected chi connectivity index (χ0v) is 20.5. The van der Waals surface area contributed by atoms with Gasteiger partial charge in [0.15, 0.2) is 0 Å². The summed E-state index contributed by atoms with van der Waals surface area (Å²) in [7, 11) is 0. The number of aromatic nitrogens is 1. The van der Waals surface area contributed by atoms with Gasteiger partial charge >= 0.3 is 0 Å². The molecular weight excluding hydrogens is 428 g/mol. The molecule has 0 N–H and O–H groups in total. The minimum atomic E-state index is -0.263. The number of amides is 1. The lowest BCUT2D eigenvalue weighted by Gasteiger charge is -2.35. The van der Waals surface area contributed by atoms with Crippen molar-refractivity contribution in [3.63, 3.8) is 0 Å². The minimum absolute atomic E-state index is 0.103. The average molecular weight is 459 g/mol. The van der Waals surface area contributed by atoms with E-state index in [0.717, 1.165) is 37.3 Å². The zero-order valence-electron chi connectivity index (χ0n) is 18.9. The summed E-state index contributed by atoms with van der Waals surface area (Å²) in [5.41, 5.74) is 1.28. The molecule has 3 rings (SSSR count). The van der Waals surface area contributed by atoms with Gasteiger partial charge in [0.05, 0.1) is 4.91 Å². The van der Waals surface area contributed by atoms with Gasteiger partial charge in [0.25, 0.3) is 11.5 Å². The van der Waals surface area contributed by atoms with Crippen molar-refractivity contribution >= 4 is 46.1 Å². The molecule has 1 aromatic heterocycles. The molecule has 0 spiro atoms. The third-order valence-electron chi connectivity index (χ3n) is 5.94. The standard InChI is InChI=1S/C23H30N4O2S2/c1-6-26-20(25-9-7-15(4)8-10-25)17(16(5)18(12-24)21(26)28)11-19-22(29)27(13-14(2)3)23(30)31-19/h11,14-15H,6-10,13H2,1-5H3/b19-11-. The molecule has 0 unspecified atom stereocenters. The van der Waals surface area contributed by atoms with Crippen molar-refractivity contribution < 1.29 is 4.79 Å². The van der Waals surface area contributed by atoms with E-state index >= 15 is 0 Å². The van der Waals surface area contributed by atoms with Gasteiger partial charge in [-0.3, -0.25) is 19.1 Å². The molecule has 0 atom stereocenters. The van der Waals surface area contributed by atoms with Gasteiger partial charge in [0.2, 0.25) is 0 Å². The molecular formula is C23H30N4O2S2. The highest BCUT2D eigenvalue weighted by atomic mass is 32.2. The van der Waals surface area contributed by atoms with E-state index in [4.69, 9.17) is 12.2 Å². The van der Waals surface area contributed by atoms with Crippen molar-refractivity contribution in [1.29, 1.82) is 5.26 Å². The Morgan fingerprint density at radius 1 is 1.29 bits per heavy atom. The van der Waals surface area contributed by atoms with Crippen LogP contribution < -0.4 is 10.5 Å². The van der Waals surface area contributed by atoms with Crippen LogP contribution in [0.3, 0.4) is 0 Å². The maximum Gasteiger partial charge on any atom is 0.270 e. The van der Waals surface area contributed by atoms with E-state index in [2.05, 4.69) is 31.7 Å². The fraction of sp³-hybridized carbons (Fsp3) is 0.565. The first kappa shape index (κ1) is 23.6. The van der Waals surface area contributed by atoms with Crippen LogP contribution in [-0.4, -0.2) is 39.3 Å². The smallest absolute Gasteiger partial charge is 0.270 e. The lowest BCUT2D eigenvalue weighted by Crippen LogP contribution is -2.39. The number of hydrogen-bond donors (Lipinski definition) is 0. The number of hydrogen-bond acceptors (Lipinski definition) is 6. The van der Waals surface area contributed by atoms with Crippen LogP contribution in [0.1, 0.15) is 57.2 Å². The quantitative estimate of drug-likeness (QED) is 0.488. The number of nitriles is 1. The molecule has 8 heteroatoms. The first-order chi connectivity index (χ1) is 14.7. The van der Waals surface area contributed by atoms with E-state index in [0.29, 0.717) is 39.7 Å². The summed E-state index contributed by atoms with van der Waals surface area (Å²) in [6.45, 7) is 12.8. The summed E-state index contributed by atoms with van der Waals surface area (Å²) in [5, 5.41) is 9.68. The van der Waals surface area contributed by atoms with Gasteiger partial charge in [-0.05, 0) is 50.2 Å². The Bertz CT molecular complexity index is 1030. The highest BCUT2D eigenvalue weighted by molar-refractivity contribution is 8.26. The third-order valence-corrected chi connectivity index (χ3v) is 7.32. The first-order valence-corrected chi connectivity index (χ1v) is 12.1. The van der Waals surface area contributed by atoms with Gasteiger partial charge in [-0.2, -0.15) is 5.26 Å². The molecule has 0 bridgehead atoms. The molecule has 0 radical (unpaired) electrons. The van der Waals surface area contributed by atoms with E-state index in [9.17, 15) is 14.9 Å². The molecule has 1 aromatic rings. The van der Waals surface area contributed by atoms with E-state index in [-0.39, 0.29) is 17.0 Å². The number of anilines is 1. The number of pyridine rings is 1. The Hall–Kier alpha value is -2.11. The van der Waals surface area contributed by atoms with Gasteiger partial charge in [-0.1, -0.05) is 44.8 Å². The maximum absolute atomic E-state index is 13.1. The number of thioether (sulfide) groups is 1. The predicted molar refractivity (Wildman–Crippen MR) is 131 cm³/mol. The second-order valence-electron chi connectivity index (χ2n) is 8.75. The van der Waals surface area contributed by atoms with Crippen LogP contribution >= 0.6 is 24.0 Å². The third kappa shape index (κ3) is 4.58. The van der Waals surface area contributed by atoms with Gasteiger partial charge in [-0.15, -0.1) is 0 Å². The Balaban J connectivity index is 2.18. The molecule has 1 amide bonds. The number of piperidine rings is 1. The Morgan fingerprint density at radius 3 is 2.48 bits per heavy atom. The van der Waals surface area contributed by atoms with Crippen LogP contribution in [0.4, 0.5) is 5.82 Å². The number of carbonyl (C=O) groups excluding carboxylic acids is 1. The molecule has 2 aliphatic rings. The minimum Gasteiger partial charge on any atom is -0.357 e. The van der Waals surface area contributed by atoms with Crippen molar-refractivity contribution in [1.82, 2.24) is 9.47 Å². The Labute approximate surface area is 193 Å². The fourth-order valence-corrected chi connectivity index (χ4v) is 5.41. The van der Waals surface area contributed by atoms with E-state index < -0.39 is 0 Å². The van der Waals surface area contributed by atoms with Crippen LogP contribution in [0.25, 0.3) is 6.08 Å². The molecule has 3 heterocycles. The summed E-state index contributed by atoms with van der Waals surface area (Å²) < 4.78 is 2.24. The lowest BCUT2D eigenvalue weighted by molar-refractivity contribution is -0.122. The van der Waals surface area contributed by atoms with Crippen molar-refractivity contribution in [3.05, 3.63) is 31.9 Å². The normalized spacial score (nSPS) is 19.1. The van der Waals surface area contributed by atoms with Crippen LogP contribution in [-0.2, 0) is 11.3 Å². The molecule has 31 heavy (non-hydrogen) atoms. The second-order valence-corrected chi connectivity index (χ2v) is 10.4. The average Bonchev–Trinajstić information content (AvgIpc) is 2.98. The highest BCUT2D eigenvalue weighted by Crippen LogP contribution is 2.37. The predicted octanol–water partition coefficient (Wildman–Crippen LogP) is 4.14. The van der Waals surface area contributed by atoms with Gasteiger partial charge < -0.3 is 4.90 Å². The van der Waals surface area contributed by atoms with Crippen LogP contribution in [0, 0.1) is 30.1 Å². The van der Waals surface area contributed by atoms with Crippen molar-refractivity contribution in [2.24, 2.45) is 11.8 Å². The fourth-order valence-electron chi connectivity index (χ4n) is 4.15. The second kappa shape index (κ2) is 9.58. The summed E-state index contributed by atoms with van der Waals surface area (Å²) in [6.07, 6.45) is 3.94. The number of rotatable bonds is 5. The molecule has 6 nitrogen and oxygen atoms in total. The summed E-state index contributed by atoms with van der Waals surface area (Å²) in [5.74, 6) is 1.66. The van der Waals surface area contributed by atoms with Crippen molar-refractivity contribution in [2.75, 3.05) is 24.5 Å². The maximum atomic E-state index is 13.1. The van der Waals surface area contributed by atoms with Crippen molar-refractivity contribution in [2.45, 2.75) is 54.0 Å².